The molecule has 0 fully saturated rings. The number of nitrogens with one attached hydrogen (secondary N) is 1. The van der Waals surface area contributed by atoms with Crippen molar-refractivity contribution in [2.24, 2.45) is 0 Å². The normalized spacial score (nSPS) is 11.7. The molecule has 0 spiro atoms. The molecule has 1 atom stereocenters. The van der Waals surface area contributed by atoms with Crippen LogP contribution in [0.5, 0.6) is 5.75 Å². The molecule has 1 N–H and O–H groups in total. The SMILES string of the molecule is COC(=O)CC(NC(=O)CCCOc1ccc(Cl)c(C)c1)c1cccs1. The minimum Gasteiger partial charge on any atom is -0.494 e. The number of thiophene rings is 1. The molecule has 0 bridgehead atoms. The fraction of sp³-hybridized carbons (Fsp3) is 0.368. The van der Waals surface area contributed by atoms with Gasteiger partial charge >= 0.3 is 5.97 Å². The summed E-state index contributed by atoms with van der Waals surface area (Å²) in [6, 6.07) is 8.87. The van der Waals surface area contributed by atoms with Crippen molar-refractivity contribution in [3.63, 3.8) is 0 Å². The standard InChI is InChI=1S/C19H22ClNO4S/c1-13-11-14(7-8-15(13)20)25-9-3-6-18(22)21-16(12-19(23)24-2)17-5-4-10-26-17/h4-5,7-8,10-11,16H,3,6,9,12H2,1-2H3,(H,21,22). The molecule has 0 saturated heterocycles. The average Bonchev–Trinajstić information content (AvgIpc) is 3.15. The average molecular weight is 396 g/mol. The van der Waals surface area contributed by atoms with Crippen LogP contribution in [-0.2, 0) is 14.3 Å². The van der Waals surface area contributed by atoms with Gasteiger partial charge in [0.1, 0.15) is 5.75 Å². The van der Waals surface area contributed by atoms with E-state index >= 15 is 0 Å². The maximum atomic E-state index is 12.2. The highest BCUT2D eigenvalue weighted by molar-refractivity contribution is 7.10. The van der Waals surface area contributed by atoms with E-state index in [1.165, 1.54) is 18.4 Å². The van der Waals surface area contributed by atoms with Crippen LogP contribution < -0.4 is 10.1 Å². The van der Waals surface area contributed by atoms with Crippen LogP contribution in [0.25, 0.3) is 0 Å². The largest absolute Gasteiger partial charge is 0.494 e. The Hall–Kier alpha value is -2.05. The molecule has 26 heavy (non-hydrogen) atoms. The van der Waals surface area contributed by atoms with Crippen molar-refractivity contribution >= 4 is 34.8 Å². The summed E-state index contributed by atoms with van der Waals surface area (Å²) >= 11 is 7.48. The van der Waals surface area contributed by atoms with Crippen molar-refractivity contribution in [2.75, 3.05) is 13.7 Å². The Morgan fingerprint density at radius 2 is 2.12 bits per heavy atom. The van der Waals surface area contributed by atoms with Crippen molar-refractivity contribution in [2.45, 2.75) is 32.2 Å². The van der Waals surface area contributed by atoms with E-state index in [1.807, 2.05) is 30.5 Å². The second-order valence-electron chi connectivity index (χ2n) is 5.78. The van der Waals surface area contributed by atoms with Gasteiger partial charge in [-0.1, -0.05) is 17.7 Å². The zero-order valence-corrected chi connectivity index (χ0v) is 16.4. The third-order valence-corrected chi connectivity index (χ3v) is 5.18. The Morgan fingerprint density at radius 3 is 2.77 bits per heavy atom. The summed E-state index contributed by atoms with van der Waals surface area (Å²) < 4.78 is 10.4. The molecule has 0 aliphatic rings. The van der Waals surface area contributed by atoms with Gasteiger partial charge in [0.2, 0.25) is 5.91 Å². The third kappa shape index (κ3) is 6.35. The Kier molecular flexibility index (Phi) is 7.94. The number of ether oxygens (including phenoxy) is 2. The van der Waals surface area contributed by atoms with Crippen LogP contribution in [0.15, 0.2) is 35.7 Å². The number of hydrogen-bond donors (Lipinski definition) is 1. The zero-order valence-electron chi connectivity index (χ0n) is 14.8. The highest BCUT2D eigenvalue weighted by Crippen LogP contribution is 2.23. The van der Waals surface area contributed by atoms with Gasteiger partial charge in [0.15, 0.2) is 0 Å². The topological polar surface area (TPSA) is 64.6 Å². The molecule has 0 aliphatic carbocycles. The molecule has 1 amide bonds. The van der Waals surface area contributed by atoms with Gasteiger partial charge in [-0.2, -0.15) is 0 Å². The number of hydrogen-bond acceptors (Lipinski definition) is 5. The molecular weight excluding hydrogens is 374 g/mol. The van der Waals surface area contributed by atoms with Gasteiger partial charge in [-0.15, -0.1) is 11.3 Å². The molecule has 1 aromatic carbocycles. The number of amides is 1. The fourth-order valence-corrected chi connectivity index (χ4v) is 3.25. The van der Waals surface area contributed by atoms with E-state index in [0.29, 0.717) is 24.5 Å². The second kappa shape index (κ2) is 10.2. The number of halogens is 1. The summed E-state index contributed by atoms with van der Waals surface area (Å²) in [5.74, 6) is 0.253. The molecule has 1 unspecified atom stereocenters. The summed E-state index contributed by atoms with van der Waals surface area (Å²) in [5.41, 5.74) is 0.948. The van der Waals surface area contributed by atoms with Crippen molar-refractivity contribution < 1.29 is 19.1 Å². The monoisotopic (exact) mass is 395 g/mol. The molecule has 7 heteroatoms. The maximum absolute atomic E-state index is 12.2. The van der Waals surface area contributed by atoms with Gasteiger partial charge in [0.05, 0.1) is 26.2 Å². The van der Waals surface area contributed by atoms with E-state index in [9.17, 15) is 9.59 Å². The Morgan fingerprint density at radius 1 is 1.31 bits per heavy atom. The number of rotatable bonds is 9. The van der Waals surface area contributed by atoms with Crippen molar-refractivity contribution in [3.8, 4) is 5.75 Å². The van der Waals surface area contributed by atoms with Crippen LogP contribution in [0.1, 0.15) is 35.7 Å². The fourth-order valence-electron chi connectivity index (χ4n) is 2.36. The first-order valence-electron chi connectivity index (χ1n) is 8.28. The molecule has 2 rings (SSSR count). The van der Waals surface area contributed by atoms with Crippen LogP contribution in [-0.4, -0.2) is 25.6 Å². The van der Waals surface area contributed by atoms with E-state index < -0.39 is 0 Å². The lowest BCUT2D eigenvalue weighted by Gasteiger charge is -2.16. The van der Waals surface area contributed by atoms with Crippen molar-refractivity contribution in [3.05, 3.63) is 51.2 Å². The predicted molar refractivity (Wildman–Crippen MR) is 103 cm³/mol. The maximum Gasteiger partial charge on any atom is 0.307 e. The highest BCUT2D eigenvalue weighted by Gasteiger charge is 2.19. The van der Waals surface area contributed by atoms with Crippen molar-refractivity contribution in [1.29, 1.82) is 0 Å². The van der Waals surface area contributed by atoms with Crippen molar-refractivity contribution in [1.82, 2.24) is 5.32 Å². The lowest BCUT2D eigenvalue weighted by molar-refractivity contribution is -0.141. The summed E-state index contributed by atoms with van der Waals surface area (Å²) in [6.07, 6.45) is 1.00. The van der Waals surface area contributed by atoms with Gasteiger partial charge in [-0.25, -0.2) is 0 Å². The first-order valence-corrected chi connectivity index (χ1v) is 9.54. The summed E-state index contributed by atoms with van der Waals surface area (Å²) in [6.45, 7) is 2.34. The van der Waals surface area contributed by atoms with E-state index in [0.717, 1.165) is 16.2 Å². The van der Waals surface area contributed by atoms with Gasteiger partial charge < -0.3 is 14.8 Å². The van der Waals surface area contributed by atoms with Crippen LogP contribution in [0.2, 0.25) is 5.02 Å². The molecule has 1 heterocycles. The van der Waals surface area contributed by atoms with Crippen LogP contribution in [0.4, 0.5) is 0 Å². The molecular formula is C19H22ClNO4S. The first-order chi connectivity index (χ1) is 12.5. The third-order valence-electron chi connectivity index (χ3n) is 3.77. The number of methoxy groups -OCH3 is 1. The van der Waals surface area contributed by atoms with E-state index in [4.69, 9.17) is 21.1 Å². The van der Waals surface area contributed by atoms with E-state index in [2.05, 4.69) is 5.32 Å². The van der Waals surface area contributed by atoms with Crippen LogP contribution in [0.3, 0.4) is 0 Å². The second-order valence-corrected chi connectivity index (χ2v) is 7.17. The lowest BCUT2D eigenvalue weighted by atomic mass is 10.1. The number of carbonyl (C=O) groups excluding carboxylic acids is 2. The molecule has 0 saturated carbocycles. The summed E-state index contributed by atoms with van der Waals surface area (Å²) in [4.78, 5) is 24.7. The van der Waals surface area contributed by atoms with Gasteiger partial charge in [-0.05, 0) is 48.6 Å². The molecule has 140 valence electrons. The number of benzene rings is 1. The quantitative estimate of drug-likeness (QED) is 0.508. The van der Waals surface area contributed by atoms with Crippen LogP contribution >= 0.6 is 22.9 Å². The minimum absolute atomic E-state index is 0.114. The highest BCUT2D eigenvalue weighted by atomic mass is 35.5. The van der Waals surface area contributed by atoms with E-state index in [-0.39, 0.29) is 24.3 Å². The Balaban J connectivity index is 1.78. The lowest BCUT2D eigenvalue weighted by Crippen LogP contribution is -2.30. The summed E-state index contributed by atoms with van der Waals surface area (Å²) in [7, 11) is 1.34. The molecule has 1 aromatic heterocycles. The predicted octanol–water partition coefficient (Wildman–Crippen LogP) is 4.29. The smallest absolute Gasteiger partial charge is 0.307 e. The number of aryl methyl sites for hydroxylation is 1. The van der Waals surface area contributed by atoms with Gasteiger partial charge in [-0.3, -0.25) is 9.59 Å². The number of carbonyl (C=O) groups is 2. The molecule has 2 aromatic rings. The molecule has 0 aliphatic heterocycles. The first kappa shape index (κ1) is 20.3. The molecule has 5 nitrogen and oxygen atoms in total. The zero-order chi connectivity index (χ0) is 18.9. The van der Waals surface area contributed by atoms with Gasteiger partial charge in [0.25, 0.3) is 0 Å². The Labute approximate surface area is 162 Å². The van der Waals surface area contributed by atoms with Gasteiger partial charge in [0, 0.05) is 16.3 Å². The Bertz CT molecular complexity index is 733. The minimum atomic E-state index is -0.366. The molecule has 0 radical (unpaired) electrons. The van der Waals surface area contributed by atoms with Crippen LogP contribution in [0, 0.1) is 6.92 Å². The summed E-state index contributed by atoms with van der Waals surface area (Å²) in [5, 5.41) is 5.50. The number of esters is 1. The van der Waals surface area contributed by atoms with E-state index in [1.54, 1.807) is 12.1 Å².